The summed E-state index contributed by atoms with van der Waals surface area (Å²) in [5.74, 6) is 0.353. The Morgan fingerprint density at radius 3 is 2.67 bits per heavy atom. The number of benzene rings is 2. The van der Waals surface area contributed by atoms with Gasteiger partial charge in [-0.2, -0.15) is 4.68 Å². The molecular weight excluding hydrogens is 404 g/mol. The fourth-order valence-corrected chi connectivity index (χ4v) is 3.50. The molecule has 9 heteroatoms. The minimum absolute atomic E-state index is 0.0815. The number of methoxy groups -OCH3 is 1. The zero-order chi connectivity index (χ0) is 20.9. The van der Waals surface area contributed by atoms with Gasteiger partial charge in [0.2, 0.25) is 5.91 Å². The van der Waals surface area contributed by atoms with E-state index in [1.807, 2.05) is 59.5 Å². The van der Waals surface area contributed by atoms with E-state index in [9.17, 15) is 4.79 Å². The highest BCUT2D eigenvalue weighted by Gasteiger charge is 2.31. The van der Waals surface area contributed by atoms with Crippen LogP contribution in [0.15, 0.2) is 60.7 Å². The summed E-state index contributed by atoms with van der Waals surface area (Å²) < 4.78 is 6.71. The third kappa shape index (κ3) is 4.19. The first-order chi connectivity index (χ1) is 14.7. The molecular formula is C21H21ClN6O2. The van der Waals surface area contributed by atoms with Gasteiger partial charge in [-0.15, -0.1) is 0 Å². The van der Waals surface area contributed by atoms with Crippen molar-refractivity contribution in [1.82, 2.24) is 25.5 Å². The summed E-state index contributed by atoms with van der Waals surface area (Å²) in [6.07, 6.45) is 2.06. The van der Waals surface area contributed by atoms with Crippen molar-refractivity contribution in [2.75, 3.05) is 31.7 Å². The van der Waals surface area contributed by atoms with E-state index < -0.39 is 0 Å². The van der Waals surface area contributed by atoms with E-state index in [2.05, 4.69) is 26.9 Å². The number of fused-ring (bicyclic) bond motifs is 1. The molecule has 0 saturated carbocycles. The Hall–Kier alpha value is -3.23. The van der Waals surface area contributed by atoms with Gasteiger partial charge in [-0.3, -0.25) is 9.69 Å². The van der Waals surface area contributed by atoms with E-state index in [1.54, 1.807) is 11.8 Å². The predicted octanol–water partition coefficient (Wildman–Crippen LogP) is 2.54. The normalized spacial score (nSPS) is 15.5. The molecule has 1 atom stereocenters. The van der Waals surface area contributed by atoms with Crippen LogP contribution in [0, 0.1) is 0 Å². The number of anilines is 1. The van der Waals surface area contributed by atoms with Crippen LogP contribution in [0.5, 0.6) is 0 Å². The maximum absolute atomic E-state index is 12.6. The molecule has 0 saturated heterocycles. The van der Waals surface area contributed by atoms with E-state index in [0.29, 0.717) is 24.1 Å². The van der Waals surface area contributed by atoms with Crippen LogP contribution in [0.3, 0.4) is 0 Å². The number of nitrogens with zero attached hydrogens (tertiary/aromatic N) is 5. The summed E-state index contributed by atoms with van der Waals surface area (Å²) in [4.78, 5) is 14.4. The number of aromatic nitrogens is 4. The minimum Gasteiger partial charge on any atom is -0.383 e. The third-order valence-electron chi connectivity index (χ3n) is 4.80. The maximum atomic E-state index is 12.6. The molecule has 30 heavy (non-hydrogen) atoms. The zero-order valence-corrected chi connectivity index (χ0v) is 17.2. The van der Waals surface area contributed by atoms with Crippen LogP contribution in [-0.4, -0.2) is 52.9 Å². The largest absolute Gasteiger partial charge is 0.383 e. The number of allylic oxidation sites excluding steroid dienone is 1. The van der Waals surface area contributed by atoms with E-state index >= 15 is 0 Å². The number of halogens is 1. The van der Waals surface area contributed by atoms with Crippen LogP contribution >= 0.6 is 11.6 Å². The highest BCUT2D eigenvalue weighted by molar-refractivity contribution is 6.30. The fraction of sp³-hybridized carbons (Fsp3) is 0.238. The fourth-order valence-electron chi connectivity index (χ4n) is 3.37. The lowest BCUT2D eigenvalue weighted by molar-refractivity contribution is -0.119. The van der Waals surface area contributed by atoms with Gasteiger partial charge in [-0.25, -0.2) is 0 Å². The molecule has 0 unspecified atom stereocenters. The van der Waals surface area contributed by atoms with Crippen LogP contribution in [0.1, 0.15) is 17.2 Å². The van der Waals surface area contributed by atoms with Gasteiger partial charge in [0, 0.05) is 18.7 Å². The van der Waals surface area contributed by atoms with Crippen LogP contribution in [0.2, 0.25) is 5.02 Å². The van der Waals surface area contributed by atoms with Crippen molar-refractivity contribution in [3.8, 4) is 0 Å². The van der Waals surface area contributed by atoms with Gasteiger partial charge in [0.15, 0.2) is 0 Å². The number of amides is 1. The molecule has 8 nitrogen and oxygen atoms in total. The van der Waals surface area contributed by atoms with Gasteiger partial charge in [-0.05, 0) is 39.8 Å². The lowest BCUT2D eigenvalue weighted by Crippen LogP contribution is -2.40. The summed E-state index contributed by atoms with van der Waals surface area (Å²) in [7, 11) is 1.60. The molecule has 0 radical (unpaired) electrons. The van der Waals surface area contributed by atoms with Crippen molar-refractivity contribution in [2.45, 2.75) is 6.04 Å². The quantitative estimate of drug-likeness (QED) is 0.587. The number of nitrogens with one attached hydrogen (secondary N) is 1. The van der Waals surface area contributed by atoms with Gasteiger partial charge in [0.05, 0.1) is 12.3 Å². The van der Waals surface area contributed by atoms with Crippen LogP contribution in [-0.2, 0) is 9.53 Å². The number of ether oxygens (including phenoxy) is 1. The van der Waals surface area contributed by atoms with Crippen molar-refractivity contribution in [2.24, 2.45) is 0 Å². The summed E-state index contributed by atoms with van der Waals surface area (Å²) in [6, 6.07) is 17.2. The second kappa shape index (κ2) is 9.06. The second-order valence-electron chi connectivity index (χ2n) is 6.77. The second-order valence-corrected chi connectivity index (χ2v) is 7.20. The van der Waals surface area contributed by atoms with Crippen molar-refractivity contribution >= 4 is 29.2 Å². The summed E-state index contributed by atoms with van der Waals surface area (Å²) in [6.45, 7) is 0.966. The van der Waals surface area contributed by atoms with Gasteiger partial charge in [0.25, 0.3) is 5.95 Å². The molecule has 2 heterocycles. The molecule has 0 aliphatic carbocycles. The summed E-state index contributed by atoms with van der Waals surface area (Å²) >= 11 is 6.06. The average molecular weight is 425 g/mol. The van der Waals surface area contributed by atoms with Gasteiger partial charge < -0.3 is 10.1 Å². The minimum atomic E-state index is -0.227. The SMILES string of the molecule is COCCNC(=O)CN1C(c2ccccc2)=C[C@H](c2ccc(Cl)cc2)n2nnnc21. The first kappa shape index (κ1) is 20.1. The molecule has 1 N–H and O–H groups in total. The molecule has 3 aromatic rings. The summed E-state index contributed by atoms with van der Waals surface area (Å²) in [5.41, 5.74) is 2.82. The molecule has 0 bridgehead atoms. The molecule has 2 aromatic carbocycles. The van der Waals surface area contributed by atoms with Gasteiger partial charge >= 0.3 is 0 Å². The van der Waals surface area contributed by atoms with E-state index in [4.69, 9.17) is 16.3 Å². The highest BCUT2D eigenvalue weighted by Crippen LogP contribution is 2.36. The van der Waals surface area contributed by atoms with E-state index in [-0.39, 0.29) is 18.5 Å². The van der Waals surface area contributed by atoms with Gasteiger partial charge in [-0.1, -0.05) is 59.2 Å². The molecule has 1 aliphatic heterocycles. The average Bonchev–Trinajstić information content (AvgIpc) is 3.26. The van der Waals surface area contributed by atoms with Crippen LogP contribution in [0.25, 0.3) is 5.70 Å². The van der Waals surface area contributed by atoms with Crippen LogP contribution in [0.4, 0.5) is 5.95 Å². The topological polar surface area (TPSA) is 85.2 Å². The first-order valence-corrected chi connectivity index (χ1v) is 9.89. The predicted molar refractivity (Wildman–Crippen MR) is 114 cm³/mol. The van der Waals surface area contributed by atoms with E-state index in [1.165, 1.54) is 0 Å². The molecule has 0 fully saturated rings. The standard InChI is InChI=1S/C21H21ClN6O2/c1-30-12-11-23-20(29)14-27-18(15-5-3-2-4-6-15)13-19(28-21(27)24-25-26-28)16-7-9-17(22)10-8-16/h2-10,13,19H,11-12,14H2,1H3,(H,23,29)/t19-/m1/s1. The molecule has 4 rings (SSSR count). The lowest BCUT2D eigenvalue weighted by Gasteiger charge is -2.32. The molecule has 0 spiro atoms. The molecule has 1 amide bonds. The molecule has 1 aromatic heterocycles. The Balaban J connectivity index is 1.73. The molecule has 1 aliphatic rings. The first-order valence-electron chi connectivity index (χ1n) is 9.51. The van der Waals surface area contributed by atoms with Crippen molar-refractivity contribution < 1.29 is 9.53 Å². The Kier molecular flexibility index (Phi) is 6.06. The smallest absolute Gasteiger partial charge is 0.251 e. The number of tetrazole rings is 1. The number of carbonyl (C=O) groups is 1. The van der Waals surface area contributed by atoms with E-state index in [0.717, 1.165) is 16.8 Å². The highest BCUT2D eigenvalue weighted by atomic mass is 35.5. The van der Waals surface area contributed by atoms with Crippen molar-refractivity contribution in [1.29, 1.82) is 0 Å². The van der Waals surface area contributed by atoms with Crippen molar-refractivity contribution in [3.63, 3.8) is 0 Å². The Labute approximate surface area is 179 Å². The summed E-state index contributed by atoms with van der Waals surface area (Å²) in [5, 5.41) is 15.8. The number of hydrogen-bond acceptors (Lipinski definition) is 6. The van der Waals surface area contributed by atoms with Crippen molar-refractivity contribution in [3.05, 3.63) is 76.8 Å². The Morgan fingerprint density at radius 1 is 1.17 bits per heavy atom. The number of carbonyl (C=O) groups excluding carboxylic acids is 1. The Morgan fingerprint density at radius 2 is 1.93 bits per heavy atom. The maximum Gasteiger partial charge on any atom is 0.251 e. The Bertz CT molecular complexity index is 1040. The van der Waals surface area contributed by atoms with Gasteiger partial charge in [0.1, 0.15) is 12.6 Å². The number of rotatable bonds is 7. The molecule has 154 valence electrons. The third-order valence-corrected chi connectivity index (χ3v) is 5.05. The number of hydrogen-bond donors (Lipinski definition) is 1. The zero-order valence-electron chi connectivity index (χ0n) is 16.4. The monoisotopic (exact) mass is 424 g/mol. The lowest BCUT2D eigenvalue weighted by atomic mass is 10.0. The van der Waals surface area contributed by atoms with Crippen LogP contribution < -0.4 is 10.2 Å².